The molecule has 5 heteroatoms. The molecule has 0 saturated heterocycles. The van der Waals surface area contributed by atoms with Crippen LogP contribution >= 0.6 is 0 Å². The van der Waals surface area contributed by atoms with E-state index >= 15 is 0 Å². The Hall–Kier alpha value is -3.44. The zero-order valence-electron chi connectivity index (χ0n) is 17.0. The first kappa shape index (κ1) is 19.5. The third-order valence-electron chi connectivity index (χ3n) is 5.85. The second-order valence-electron chi connectivity index (χ2n) is 7.83. The van der Waals surface area contributed by atoms with Crippen molar-refractivity contribution in [2.75, 3.05) is 0 Å². The normalized spacial score (nSPS) is 16.3. The van der Waals surface area contributed by atoms with Gasteiger partial charge < -0.3 is 0 Å². The van der Waals surface area contributed by atoms with Gasteiger partial charge in [0.2, 0.25) is 0 Å². The standard InChI is InChI=1S/C26H21NO3S/c1-18-14-16-20(17-15-18)31(29,30)27-23-12-6-5-10-22(23)25-24(28)13-7-11-21(26(25)27)19-8-3-2-4-9-19/h2-10,12-17,21H,11H2,1H3. The molecule has 3 aromatic carbocycles. The maximum absolute atomic E-state index is 13.9. The molecule has 1 aliphatic carbocycles. The Balaban J connectivity index is 1.89. The number of benzene rings is 3. The van der Waals surface area contributed by atoms with E-state index in [1.54, 1.807) is 42.5 Å². The van der Waals surface area contributed by atoms with Crippen molar-refractivity contribution in [2.45, 2.75) is 24.2 Å². The number of aryl methyl sites for hydroxylation is 1. The Morgan fingerprint density at radius 3 is 2.29 bits per heavy atom. The predicted octanol–water partition coefficient (Wildman–Crippen LogP) is 5.46. The van der Waals surface area contributed by atoms with Crippen LogP contribution in [0.2, 0.25) is 0 Å². The quantitative estimate of drug-likeness (QED) is 0.436. The van der Waals surface area contributed by atoms with Crippen molar-refractivity contribution in [3.8, 4) is 0 Å². The monoisotopic (exact) mass is 427 g/mol. The summed E-state index contributed by atoms with van der Waals surface area (Å²) in [4.78, 5) is 13.3. The van der Waals surface area contributed by atoms with Gasteiger partial charge in [-0.1, -0.05) is 72.3 Å². The van der Waals surface area contributed by atoms with Crippen molar-refractivity contribution < 1.29 is 13.2 Å². The lowest BCUT2D eigenvalue weighted by Gasteiger charge is -2.20. The highest BCUT2D eigenvalue weighted by atomic mass is 32.2. The van der Waals surface area contributed by atoms with Gasteiger partial charge in [0, 0.05) is 11.3 Å². The third kappa shape index (κ3) is 3.13. The molecule has 0 fully saturated rings. The van der Waals surface area contributed by atoms with E-state index in [9.17, 15) is 13.2 Å². The topological polar surface area (TPSA) is 56.1 Å². The average molecular weight is 428 g/mol. The fourth-order valence-corrected chi connectivity index (χ4v) is 5.95. The number of carbonyl (C=O) groups is 1. The number of carbonyl (C=O) groups excluding carboxylic acids is 1. The molecule has 0 N–H and O–H groups in total. The molecule has 1 aliphatic rings. The molecule has 0 saturated carbocycles. The van der Waals surface area contributed by atoms with Crippen LogP contribution in [0.5, 0.6) is 0 Å². The van der Waals surface area contributed by atoms with Gasteiger partial charge in [-0.2, -0.15) is 0 Å². The van der Waals surface area contributed by atoms with Gasteiger partial charge in [-0.05, 0) is 43.2 Å². The number of aromatic nitrogens is 1. The molecule has 0 spiro atoms. The summed E-state index contributed by atoms with van der Waals surface area (Å²) >= 11 is 0. The van der Waals surface area contributed by atoms with E-state index in [0.29, 0.717) is 28.6 Å². The van der Waals surface area contributed by atoms with E-state index < -0.39 is 10.0 Å². The van der Waals surface area contributed by atoms with Crippen molar-refractivity contribution in [3.63, 3.8) is 0 Å². The first-order valence-corrected chi connectivity index (χ1v) is 11.6. The van der Waals surface area contributed by atoms with Crippen LogP contribution < -0.4 is 0 Å². The lowest BCUT2D eigenvalue weighted by Crippen LogP contribution is -2.19. The highest BCUT2D eigenvalue weighted by molar-refractivity contribution is 7.90. The molecule has 5 rings (SSSR count). The molecule has 0 radical (unpaired) electrons. The van der Waals surface area contributed by atoms with Gasteiger partial charge in [0.15, 0.2) is 5.78 Å². The van der Waals surface area contributed by atoms with E-state index in [1.165, 1.54) is 3.97 Å². The second-order valence-corrected chi connectivity index (χ2v) is 9.61. The molecule has 4 aromatic rings. The van der Waals surface area contributed by atoms with Crippen LogP contribution in [-0.2, 0) is 10.0 Å². The number of para-hydroxylation sites is 1. The summed E-state index contributed by atoms with van der Waals surface area (Å²) in [6.45, 7) is 1.92. The van der Waals surface area contributed by atoms with Crippen molar-refractivity contribution in [2.24, 2.45) is 0 Å². The fourth-order valence-electron chi connectivity index (χ4n) is 4.37. The van der Waals surface area contributed by atoms with Gasteiger partial charge >= 0.3 is 0 Å². The summed E-state index contributed by atoms with van der Waals surface area (Å²) in [6, 6.07) is 23.9. The molecular formula is C26H21NO3S. The van der Waals surface area contributed by atoms with E-state index in [4.69, 9.17) is 0 Å². The molecule has 4 nitrogen and oxygen atoms in total. The van der Waals surface area contributed by atoms with Crippen molar-refractivity contribution in [3.05, 3.63) is 113 Å². The van der Waals surface area contributed by atoms with E-state index in [0.717, 1.165) is 11.1 Å². The van der Waals surface area contributed by atoms with Crippen LogP contribution in [-0.4, -0.2) is 18.2 Å². The Morgan fingerprint density at radius 2 is 1.55 bits per heavy atom. The molecule has 0 aliphatic heterocycles. The molecule has 1 heterocycles. The molecule has 31 heavy (non-hydrogen) atoms. The smallest absolute Gasteiger partial charge is 0.268 e. The maximum Gasteiger partial charge on any atom is 0.268 e. The summed E-state index contributed by atoms with van der Waals surface area (Å²) in [5, 5.41) is 0.658. The zero-order chi connectivity index (χ0) is 21.6. The van der Waals surface area contributed by atoms with Crippen molar-refractivity contribution in [1.29, 1.82) is 0 Å². The molecule has 0 amide bonds. The predicted molar refractivity (Wildman–Crippen MR) is 122 cm³/mol. The first-order valence-electron chi connectivity index (χ1n) is 10.2. The number of fused-ring (bicyclic) bond motifs is 3. The van der Waals surface area contributed by atoms with Crippen LogP contribution in [0.1, 0.15) is 39.5 Å². The number of hydrogen-bond donors (Lipinski definition) is 0. The number of nitrogens with zero attached hydrogens (tertiary/aromatic N) is 1. The molecular weight excluding hydrogens is 406 g/mol. The molecule has 1 atom stereocenters. The van der Waals surface area contributed by atoms with Gasteiger partial charge in [0.25, 0.3) is 10.0 Å². The van der Waals surface area contributed by atoms with Crippen LogP contribution in [0.4, 0.5) is 0 Å². The number of rotatable bonds is 3. The summed E-state index contributed by atoms with van der Waals surface area (Å²) < 4.78 is 29.2. The fraction of sp³-hybridized carbons (Fsp3) is 0.115. The van der Waals surface area contributed by atoms with Crippen LogP contribution in [0.15, 0.2) is 95.9 Å². The molecule has 1 unspecified atom stereocenters. The minimum Gasteiger partial charge on any atom is -0.289 e. The van der Waals surface area contributed by atoms with Crippen LogP contribution in [0.25, 0.3) is 10.9 Å². The Bertz CT molecular complexity index is 1430. The first-order chi connectivity index (χ1) is 15.0. The van der Waals surface area contributed by atoms with Gasteiger partial charge in [0.05, 0.1) is 21.7 Å². The number of allylic oxidation sites excluding steroid dienone is 2. The molecule has 0 bridgehead atoms. The average Bonchev–Trinajstić information content (AvgIpc) is 3.04. The highest BCUT2D eigenvalue weighted by Crippen LogP contribution is 2.41. The minimum absolute atomic E-state index is 0.164. The summed E-state index contributed by atoms with van der Waals surface area (Å²) in [7, 11) is -3.92. The van der Waals surface area contributed by atoms with Gasteiger partial charge in [-0.25, -0.2) is 12.4 Å². The Labute approximate surface area is 181 Å². The van der Waals surface area contributed by atoms with Gasteiger partial charge in [-0.3, -0.25) is 4.79 Å². The highest BCUT2D eigenvalue weighted by Gasteiger charge is 2.34. The minimum atomic E-state index is -3.92. The number of ketones is 1. The lowest BCUT2D eigenvalue weighted by molar-refractivity contribution is 0.104. The molecule has 1 aromatic heterocycles. The van der Waals surface area contributed by atoms with Crippen molar-refractivity contribution in [1.82, 2.24) is 3.97 Å². The number of hydrogen-bond acceptors (Lipinski definition) is 3. The van der Waals surface area contributed by atoms with Crippen molar-refractivity contribution >= 4 is 26.7 Å². The third-order valence-corrected chi connectivity index (χ3v) is 7.59. The summed E-state index contributed by atoms with van der Waals surface area (Å²) in [5.41, 5.74) is 3.48. The summed E-state index contributed by atoms with van der Waals surface area (Å²) in [5.74, 6) is -0.422. The van der Waals surface area contributed by atoms with E-state index in [1.807, 2.05) is 55.5 Å². The maximum atomic E-state index is 13.9. The Kier molecular flexibility index (Phi) is 4.63. The van der Waals surface area contributed by atoms with Gasteiger partial charge in [-0.15, -0.1) is 0 Å². The lowest BCUT2D eigenvalue weighted by atomic mass is 9.91. The second kappa shape index (κ2) is 7.36. The summed E-state index contributed by atoms with van der Waals surface area (Å²) in [6.07, 6.45) is 3.96. The Morgan fingerprint density at radius 1 is 0.871 bits per heavy atom. The van der Waals surface area contributed by atoms with E-state index in [-0.39, 0.29) is 16.6 Å². The molecule has 154 valence electrons. The van der Waals surface area contributed by atoms with Crippen LogP contribution in [0.3, 0.4) is 0 Å². The zero-order valence-corrected chi connectivity index (χ0v) is 17.8. The SMILES string of the molecule is Cc1ccc(S(=O)(=O)n2c3c(c4ccccc42)C(=O)C=CCC3c2ccccc2)cc1. The van der Waals surface area contributed by atoms with E-state index in [2.05, 4.69) is 0 Å². The van der Waals surface area contributed by atoms with Gasteiger partial charge in [0.1, 0.15) is 0 Å². The largest absolute Gasteiger partial charge is 0.289 e. The van der Waals surface area contributed by atoms with Crippen LogP contribution in [0, 0.1) is 6.92 Å².